The van der Waals surface area contributed by atoms with Crippen LogP contribution in [0.25, 0.3) is 0 Å². The van der Waals surface area contributed by atoms with E-state index in [1.54, 1.807) is 5.57 Å². The first-order valence-electron chi connectivity index (χ1n) is 12.8. The Morgan fingerprint density at radius 1 is 0.774 bits per heavy atom. The zero-order chi connectivity index (χ0) is 22.0. The number of rotatable bonds is 0. The van der Waals surface area contributed by atoms with E-state index in [2.05, 4.69) is 54.5 Å². The van der Waals surface area contributed by atoms with Crippen LogP contribution in [-0.2, 0) is 18.9 Å². The molecule has 6 rings (SSSR count). The molecule has 4 nitrogen and oxygen atoms in total. The molecule has 4 heteroatoms. The molecule has 2 heterocycles. The first-order valence-corrected chi connectivity index (χ1v) is 12.8. The summed E-state index contributed by atoms with van der Waals surface area (Å²) in [6.45, 7) is 15.8. The molecule has 174 valence electrons. The van der Waals surface area contributed by atoms with Gasteiger partial charge in [0.05, 0.1) is 24.4 Å². The molecule has 4 unspecified atom stereocenters. The molecule has 6 aliphatic rings. The third kappa shape index (κ3) is 2.80. The summed E-state index contributed by atoms with van der Waals surface area (Å²) in [7, 11) is 0. The third-order valence-corrected chi connectivity index (χ3v) is 10.6. The van der Waals surface area contributed by atoms with Gasteiger partial charge in [-0.15, -0.1) is 0 Å². The van der Waals surface area contributed by atoms with Crippen LogP contribution >= 0.6 is 0 Å². The second kappa shape index (κ2) is 6.37. The lowest BCUT2D eigenvalue weighted by atomic mass is 9.43. The summed E-state index contributed by atoms with van der Waals surface area (Å²) in [5, 5.41) is 0. The summed E-state index contributed by atoms with van der Waals surface area (Å²) in [5.41, 5.74) is 2.25. The Bertz CT molecular complexity index is 801. The summed E-state index contributed by atoms with van der Waals surface area (Å²) in [6.07, 6.45) is 10.5. The molecule has 6 fully saturated rings. The van der Waals surface area contributed by atoms with Crippen molar-refractivity contribution in [2.24, 2.45) is 34.5 Å². The minimum absolute atomic E-state index is 0.173. The van der Waals surface area contributed by atoms with Crippen molar-refractivity contribution in [2.75, 3.05) is 0 Å². The average Bonchev–Trinajstić information content (AvgIpc) is 3.27. The van der Waals surface area contributed by atoms with Crippen LogP contribution in [0.4, 0.5) is 0 Å². The number of hydrogen-bond donors (Lipinski definition) is 0. The molecule has 0 bridgehead atoms. The fourth-order valence-electron chi connectivity index (χ4n) is 9.49. The van der Waals surface area contributed by atoms with Crippen LogP contribution in [0.15, 0.2) is 11.6 Å². The molecule has 0 aromatic heterocycles. The van der Waals surface area contributed by atoms with E-state index in [0.29, 0.717) is 29.1 Å². The Kier molecular flexibility index (Phi) is 4.34. The van der Waals surface area contributed by atoms with E-state index in [0.717, 1.165) is 12.8 Å². The van der Waals surface area contributed by atoms with Crippen LogP contribution in [0.3, 0.4) is 0 Å². The molecule has 10 atom stereocenters. The number of allylic oxidation sites excluding steroid dienone is 2. The van der Waals surface area contributed by atoms with Gasteiger partial charge in [0.1, 0.15) is 0 Å². The van der Waals surface area contributed by atoms with Gasteiger partial charge in [0.25, 0.3) is 0 Å². The smallest absolute Gasteiger partial charge is 0.163 e. The lowest BCUT2D eigenvalue weighted by Gasteiger charge is -2.63. The number of fused-ring (bicyclic) bond motifs is 9. The largest absolute Gasteiger partial charge is 0.345 e. The summed E-state index contributed by atoms with van der Waals surface area (Å²) in [4.78, 5) is 0. The molecule has 0 spiro atoms. The molecule has 0 radical (unpaired) electrons. The maximum atomic E-state index is 6.78. The maximum absolute atomic E-state index is 6.78. The van der Waals surface area contributed by atoms with E-state index in [-0.39, 0.29) is 29.8 Å². The molecule has 31 heavy (non-hydrogen) atoms. The van der Waals surface area contributed by atoms with E-state index >= 15 is 0 Å². The van der Waals surface area contributed by atoms with Crippen LogP contribution in [0.1, 0.15) is 87.0 Å². The highest BCUT2D eigenvalue weighted by Crippen LogP contribution is 2.70. The summed E-state index contributed by atoms with van der Waals surface area (Å²) < 4.78 is 26.3. The third-order valence-electron chi connectivity index (χ3n) is 10.6. The fraction of sp³-hybridized carbons (Fsp3) is 0.926. The van der Waals surface area contributed by atoms with E-state index in [1.807, 2.05) is 0 Å². The minimum Gasteiger partial charge on any atom is -0.345 e. The van der Waals surface area contributed by atoms with E-state index < -0.39 is 11.6 Å². The van der Waals surface area contributed by atoms with Gasteiger partial charge in [-0.2, -0.15) is 0 Å². The first kappa shape index (κ1) is 21.1. The molecule has 2 saturated heterocycles. The van der Waals surface area contributed by atoms with Crippen molar-refractivity contribution in [1.82, 2.24) is 0 Å². The van der Waals surface area contributed by atoms with Gasteiger partial charge in [-0.1, -0.05) is 25.5 Å². The monoisotopic (exact) mass is 430 g/mol. The Hall–Kier alpha value is -0.420. The van der Waals surface area contributed by atoms with Gasteiger partial charge in [-0.05, 0) is 108 Å². The summed E-state index contributed by atoms with van der Waals surface area (Å²) in [6, 6.07) is 0. The first-order chi connectivity index (χ1) is 14.5. The van der Waals surface area contributed by atoms with Crippen molar-refractivity contribution in [1.29, 1.82) is 0 Å². The van der Waals surface area contributed by atoms with E-state index in [1.165, 1.54) is 25.7 Å². The SMILES string of the molecule is CC=C1CCC2C3C(CC[C@]12C)[C@@]1(C)C[C@H]2OC(C)(C)O[C@@H]2CC1[C@H]1OC(C)(C)O[C@H]31. The zero-order valence-corrected chi connectivity index (χ0v) is 20.6. The van der Waals surface area contributed by atoms with Gasteiger partial charge in [0.15, 0.2) is 11.6 Å². The van der Waals surface area contributed by atoms with Crippen LogP contribution < -0.4 is 0 Å². The molecule has 2 aliphatic heterocycles. The Morgan fingerprint density at radius 2 is 1.45 bits per heavy atom. The molecule has 4 aliphatic carbocycles. The summed E-state index contributed by atoms with van der Waals surface area (Å²) >= 11 is 0. The number of ether oxygens (including phenoxy) is 4. The van der Waals surface area contributed by atoms with Crippen molar-refractivity contribution in [2.45, 2.75) is 123 Å². The van der Waals surface area contributed by atoms with Gasteiger partial charge in [-0.3, -0.25) is 0 Å². The number of hydrogen-bond acceptors (Lipinski definition) is 4. The molecular weight excluding hydrogens is 388 g/mol. The highest BCUT2D eigenvalue weighted by molar-refractivity contribution is 5.26. The van der Waals surface area contributed by atoms with Crippen LogP contribution in [0, 0.1) is 34.5 Å². The average molecular weight is 431 g/mol. The molecule has 0 aromatic carbocycles. The molecule has 0 amide bonds. The van der Waals surface area contributed by atoms with Crippen molar-refractivity contribution in [3.63, 3.8) is 0 Å². The predicted molar refractivity (Wildman–Crippen MR) is 119 cm³/mol. The van der Waals surface area contributed by atoms with Crippen molar-refractivity contribution in [3.8, 4) is 0 Å². The predicted octanol–water partition coefficient (Wildman–Crippen LogP) is 5.85. The fourth-order valence-corrected chi connectivity index (χ4v) is 9.49. The summed E-state index contributed by atoms with van der Waals surface area (Å²) in [5.74, 6) is 1.47. The van der Waals surface area contributed by atoms with E-state index in [4.69, 9.17) is 18.9 Å². The van der Waals surface area contributed by atoms with Crippen molar-refractivity contribution >= 4 is 0 Å². The van der Waals surface area contributed by atoms with Crippen molar-refractivity contribution < 1.29 is 18.9 Å². The quantitative estimate of drug-likeness (QED) is 0.452. The van der Waals surface area contributed by atoms with Gasteiger partial charge in [0, 0.05) is 0 Å². The lowest BCUT2D eigenvalue weighted by molar-refractivity contribution is -0.190. The van der Waals surface area contributed by atoms with Crippen LogP contribution in [-0.4, -0.2) is 36.0 Å². The Balaban J connectivity index is 1.42. The molecule has 0 N–H and O–H groups in total. The second-order valence-electron chi connectivity index (χ2n) is 12.9. The Labute approximate surface area is 188 Å². The topological polar surface area (TPSA) is 36.9 Å². The van der Waals surface area contributed by atoms with Crippen LogP contribution in [0.5, 0.6) is 0 Å². The highest BCUT2D eigenvalue weighted by Gasteiger charge is 2.69. The normalized spacial score (nSPS) is 57.7. The van der Waals surface area contributed by atoms with Crippen LogP contribution in [0.2, 0.25) is 0 Å². The van der Waals surface area contributed by atoms with E-state index in [9.17, 15) is 0 Å². The van der Waals surface area contributed by atoms with Gasteiger partial charge in [0.2, 0.25) is 0 Å². The van der Waals surface area contributed by atoms with Crippen molar-refractivity contribution in [3.05, 3.63) is 11.6 Å². The minimum atomic E-state index is -0.496. The van der Waals surface area contributed by atoms with Gasteiger partial charge < -0.3 is 18.9 Å². The standard InChI is InChI=1S/C27H42O4/c1-8-15-9-10-16-21-17(11-12-26(15,16)6)27(7)14-20-19(28-24(2,3)29-20)13-18(27)22-23(21)31-25(4,5)30-22/h8,16-23H,9-14H2,1-7H3/t16?,17?,18?,19-,20-,21?,22-,23-,26-,27-/m1/s1. The highest BCUT2D eigenvalue weighted by atomic mass is 16.8. The lowest BCUT2D eigenvalue weighted by Crippen LogP contribution is -2.64. The maximum Gasteiger partial charge on any atom is 0.163 e. The Morgan fingerprint density at radius 3 is 2.19 bits per heavy atom. The molecule has 4 saturated carbocycles. The molecule has 0 aromatic rings. The second-order valence-corrected chi connectivity index (χ2v) is 12.9. The van der Waals surface area contributed by atoms with Gasteiger partial charge >= 0.3 is 0 Å². The molecular formula is C27H42O4. The van der Waals surface area contributed by atoms with Gasteiger partial charge in [-0.25, -0.2) is 0 Å². The zero-order valence-electron chi connectivity index (χ0n) is 20.6.